The normalized spacial score (nSPS) is 13.0. The fraction of sp³-hybridized carbons (Fsp3) is 0.635. The highest BCUT2D eigenvalue weighted by molar-refractivity contribution is 5.71. The summed E-state index contributed by atoms with van der Waals surface area (Å²) in [6.45, 7) is 6.39. The van der Waals surface area contributed by atoms with Crippen LogP contribution in [-0.4, -0.2) is 37.2 Å². The molecule has 0 aromatic carbocycles. The summed E-state index contributed by atoms with van der Waals surface area (Å²) in [4.78, 5) is 38.1. The van der Waals surface area contributed by atoms with E-state index in [9.17, 15) is 14.4 Å². The molecule has 0 aliphatic rings. The number of rotatable bonds is 49. The van der Waals surface area contributed by atoms with Crippen molar-refractivity contribution in [3.8, 4) is 0 Å². The fourth-order valence-corrected chi connectivity index (χ4v) is 7.23. The average molecular weight is 956 g/mol. The van der Waals surface area contributed by atoms with Crippen molar-refractivity contribution in [2.24, 2.45) is 0 Å². The molecule has 0 spiro atoms. The molecule has 0 amide bonds. The minimum atomic E-state index is -0.834. The lowest BCUT2D eigenvalue weighted by Gasteiger charge is -2.18. The van der Waals surface area contributed by atoms with E-state index in [0.29, 0.717) is 19.3 Å². The zero-order valence-electron chi connectivity index (χ0n) is 44.5. The third kappa shape index (κ3) is 54.6. The molecule has 1 atom stereocenters. The molecule has 0 aliphatic carbocycles. The Hall–Kier alpha value is -4.19. The largest absolute Gasteiger partial charge is 0.462 e. The van der Waals surface area contributed by atoms with Crippen LogP contribution in [0.5, 0.6) is 0 Å². The van der Waals surface area contributed by atoms with Crippen LogP contribution >= 0.6 is 0 Å². The van der Waals surface area contributed by atoms with E-state index in [1.807, 2.05) is 0 Å². The van der Waals surface area contributed by atoms with Crippen molar-refractivity contribution in [3.63, 3.8) is 0 Å². The number of hydrogen-bond donors (Lipinski definition) is 0. The van der Waals surface area contributed by atoms with Gasteiger partial charge in [-0.1, -0.05) is 219 Å². The number of unbranched alkanes of at least 4 members (excludes halogenated alkanes) is 18. The van der Waals surface area contributed by atoms with Gasteiger partial charge < -0.3 is 14.2 Å². The molecule has 6 heteroatoms. The van der Waals surface area contributed by atoms with E-state index >= 15 is 0 Å². The molecule has 0 unspecified atom stereocenters. The monoisotopic (exact) mass is 955 g/mol. The second-order valence-electron chi connectivity index (χ2n) is 18.1. The van der Waals surface area contributed by atoms with Crippen LogP contribution in [-0.2, 0) is 28.6 Å². The fourth-order valence-electron chi connectivity index (χ4n) is 7.23. The summed E-state index contributed by atoms with van der Waals surface area (Å²) in [5.74, 6) is -1.05. The van der Waals surface area contributed by atoms with Gasteiger partial charge in [0.1, 0.15) is 13.2 Å². The molecule has 0 N–H and O–H groups in total. The van der Waals surface area contributed by atoms with Crippen molar-refractivity contribution in [2.45, 2.75) is 245 Å². The number of esters is 3. The summed E-state index contributed by atoms with van der Waals surface area (Å²) < 4.78 is 16.7. The Morgan fingerprint density at radius 1 is 0.304 bits per heavy atom. The van der Waals surface area contributed by atoms with Gasteiger partial charge >= 0.3 is 17.9 Å². The summed E-state index contributed by atoms with van der Waals surface area (Å²) in [7, 11) is 0. The summed E-state index contributed by atoms with van der Waals surface area (Å²) in [5, 5.41) is 0. The van der Waals surface area contributed by atoms with Crippen LogP contribution in [0.3, 0.4) is 0 Å². The van der Waals surface area contributed by atoms with Gasteiger partial charge in [-0.05, 0) is 122 Å². The first kappa shape index (κ1) is 64.8. The maximum absolute atomic E-state index is 12.8. The minimum Gasteiger partial charge on any atom is -0.462 e. The quantitative estimate of drug-likeness (QED) is 0.0262. The molecular formula is C63H102O6. The lowest BCUT2D eigenvalue weighted by atomic mass is 10.1. The molecule has 69 heavy (non-hydrogen) atoms. The van der Waals surface area contributed by atoms with Gasteiger partial charge in [0, 0.05) is 19.3 Å². The Labute approximate surface area is 424 Å². The molecule has 6 nitrogen and oxygen atoms in total. The molecule has 0 radical (unpaired) electrons. The molecule has 390 valence electrons. The molecule has 0 aromatic rings. The lowest BCUT2D eigenvalue weighted by Crippen LogP contribution is -2.30. The Balaban J connectivity index is 4.58. The average Bonchev–Trinajstić information content (AvgIpc) is 3.35. The van der Waals surface area contributed by atoms with E-state index in [4.69, 9.17) is 14.2 Å². The maximum atomic E-state index is 12.8. The van der Waals surface area contributed by atoms with E-state index in [0.717, 1.165) is 89.9 Å². The van der Waals surface area contributed by atoms with Crippen LogP contribution in [0.15, 0.2) is 122 Å². The van der Waals surface area contributed by atoms with Gasteiger partial charge in [0.15, 0.2) is 6.10 Å². The summed E-state index contributed by atoms with van der Waals surface area (Å²) in [6.07, 6.45) is 77.7. The van der Waals surface area contributed by atoms with E-state index in [1.165, 1.54) is 96.3 Å². The van der Waals surface area contributed by atoms with E-state index < -0.39 is 6.10 Å². The van der Waals surface area contributed by atoms with Gasteiger partial charge in [0.05, 0.1) is 0 Å². The van der Waals surface area contributed by atoms with Crippen LogP contribution in [0.2, 0.25) is 0 Å². The molecule has 0 aliphatic heterocycles. The lowest BCUT2D eigenvalue weighted by molar-refractivity contribution is -0.167. The molecule has 0 saturated heterocycles. The van der Waals surface area contributed by atoms with Gasteiger partial charge in [-0.25, -0.2) is 0 Å². The van der Waals surface area contributed by atoms with Crippen LogP contribution in [0.1, 0.15) is 239 Å². The van der Waals surface area contributed by atoms with Crippen molar-refractivity contribution in [1.82, 2.24) is 0 Å². The molecule has 0 bridgehead atoms. The van der Waals surface area contributed by atoms with Gasteiger partial charge in [-0.3, -0.25) is 14.4 Å². The van der Waals surface area contributed by atoms with Crippen molar-refractivity contribution in [3.05, 3.63) is 122 Å². The third-order valence-electron chi connectivity index (χ3n) is 11.4. The zero-order valence-corrected chi connectivity index (χ0v) is 44.5. The highest BCUT2D eigenvalue weighted by Gasteiger charge is 2.19. The first-order valence-electron chi connectivity index (χ1n) is 28.0. The molecule has 0 saturated carbocycles. The smallest absolute Gasteiger partial charge is 0.306 e. The molecule has 0 heterocycles. The number of allylic oxidation sites excluding steroid dienone is 20. The zero-order chi connectivity index (χ0) is 50.0. The molecule has 0 aromatic heterocycles. The number of ether oxygens (including phenoxy) is 3. The predicted octanol–water partition coefficient (Wildman–Crippen LogP) is 18.9. The first-order valence-corrected chi connectivity index (χ1v) is 28.0. The van der Waals surface area contributed by atoms with Gasteiger partial charge in [-0.15, -0.1) is 0 Å². The Kier molecular flexibility index (Phi) is 53.0. The topological polar surface area (TPSA) is 78.9 Å². The van der Waals surface area contributed by atoms with Crippen molar-refractivity contribution in [2.75, 3.05) is 13.2 Å². The van der Waals surface area contributed by atoms with Gasteiger partial charge in [0.2, 0.25) is 0 Å². The van der Waals surface area contributed by atoms with Crippen molar-refractivity contribution >= 4 is 17.9 Å². The maximum Gasteiger partial charge on any atom is 0.306 e. The highest BCUT2D eigenvalue weighted by atomic mass is 16.6. The van der Waals surface area contributed by atoms with E-state index in [-0.39, 0.29) is 44.0 Å². The summed E-state index contributed by atoms with van der Waals surface area (Å²) in [6, 6.07) is 0. The van der Waals surface area contributed by atoms with Crippen LogP contribution in [0.25, 0.3) is 0 Å². The third-order valence-corrected chi connectivity index (χ3v) is 11.4. The highest BCUT2D eigenvalue weighted by Crippen LogP contribution is 2.13. The molecule has 0 fully saturated rings. The van der Waals surface area contributed by atoms with Crippen molar-refractivity contribution in [1.29, 1.82) is 0 Å². The predicted molar refractivity (Wildman–Crippen MR) is 297 cm³/mol. The number of hydrogen-bond acceptors (Lipinski definition) is 6. The van der Waals surface area contributed by atoms with Crippen LogP contribution in [0, 0.1) is 0 Å². The van der Waals surface area contributed by atoms with Crippen LogP contribution in [0.4, 0.5) is 0 Å². The Morgan fingerprint density at radius 2 is 0.580 bits per heavy atom. The second kappa shape index (κ2) is 56.4. The molecule has 0 rings (SSSR count). The first-order chi connectivity index (χ1) is 34.0. The minimum absolute atomic E-state index is 0.123. The van der Waals surface area contributed by atoms with E-state index in [1.54, 1.807) is 0 Å². The number of carbonyl (C=O) groups excluding carboxylic acids is 3. The number of carbonyl (C=O) groups is 3. The SMILES string of the molecule is CC/C=C\C/C=C\C/C=C\C/C=C\C/C=C\CCCC(=O)OC[C@H](COC(=O)CCCCCCCCC/C=C\C/C=C\CCCCC)OC(=O)CCC/C=C\C/C=C\C/C=C\CCCCCCCC. The molecular weight excluding hydrogens is 853 g/mol. The standard InChI is InChI=1S/C63H102O6/c1-4-7-10-13-16-19-22-25-28-31-34-37-40-43-46-49-52-55-61(64)67-58-60(69-63(66)57-54-51-48-45-42-39-36-33-30-27-24-21-18-15-12-9-6-3)59-68-62(65)56-53-50-47-44-41-38-35-32-29-26-23-20-17-14-11-8-5-2/h7,10,16-17,19-20,25-30,34,36-37,39,43,45-46,48,60H,4-6,8-9,11-15,18,21-24,31-33,35,38,40-42,44,47,49-59H2,1-3H3/b10-7-,19-16-,20-17-,28-25-,29-26-,30-27-,37-34-,39-36-,46-43-,48-45-/t60-/m1/s1. The summed E-state index contributed by atoms with van der Waals surface area (Å²) >= 11 is 0. The van der Waals surface area contributed by atoms with Crippen molar-refractivity contribution < 1.29 is 28.6 Å². The van der Waals surface area contributed by atoms with Gasteiger partial charge in [0.25, 0.3) is 0 Å². The Morgan fingerprint density at radius 3 is 0.971 bits per heavy atom. The van der Waals surface area contributed by atoms with E-state index in [2.05, 4.69) is 142 Å². The Bertz CT molecular complexity index is 1470. The van der Waals surface area contributed by atoms with Crippen LogP contribution < -0.4 is 0 Å². The second-order valence-corrected chi connectivity index (χ2v) is 18.1. The van der Waals surface area contributed by atoms with Gasteiger partial charge in [-0.2, -0.15) is 0 Å². The summed E-state index contributed by atoms with van der Waals surface area (Å²) in [5.41, 5.74) is 0.